The molecule has 1 aliphatic rings. The number of fused-ring (bicyclic) bond motifs is 2. The maximum atomic E-state index is 13.5. The van der Waals surface area contributed by atoms with Crippen LogP contribution in [-0.2, 0) is 24.9 Å². The summed E-state index contributed by atoms with van der Waals surface area (Å²) in [5.41, 5.74) is 2.70. The Hall–Kier alpha value is -3.73. The van der Waals surface area contributed by atoms with Crippen molar-refractivity contribution in [2.24, 2.45) is 0 Å². The van der Waals surface area contributed by atoms with Crippen LogP contribution in [-0.4, -0.2) is 37.0 Å². The molecular formula is C25H26F3N7O. The third-order valence-electron chi connectivity index (χ3n) is 6.07. The van der Waals surface area contributed by atoms with E-state index in [4.69, 9.17) is 0 Å². The van der Waals surface area contributed by atoms with E-state index in [1.54, 1.807) is 18.2 Å². The molecule has 0 saturated carbocycles. The normalized spacial score (nSPS) is 14.2. The highest BCUT2D eigenvalue weighted by Gasteiger charge is 2.32. The average Bonchev–Trinajstić information content (AvgIpc) is 3.08. The Labute approximate surface area is 205 Å². The number of nitrogens with zero attached hydrogens (tertiary/aromatic N) is 5. The molecule has 188 valence electrons. The highest BCUT2D eigenvalue weighted by molar-refractivity contribution is 5.77. The van der Waals surface area contributed by atoms with Gasteiger partial charge in [0.05, 0.1) is 0 Å². The number of hydrogen-bond acceptors (Lipinski definition) is 6. The number of alkyl halides is 3. The molecule has 36 heavy (non-hydrogen) atoms. The fourth-order valence-electron chi connectivity index (χ4n) is 4.28. The zero-order valence-electron chi connectivity index (χ0n) is 20.1. The first kappa shape index (κ1) is 24.0. The van der Waals surface area contributed by atoms with E-state index in [0.717, 1.165) is 29.9 Å². The summed E-state index contributed by atoms with van der Waals surface area (Å²) in [6.45, 7) is 6.07. The molecule has 0 amide bonds. The molecule has 0 bridgehead atoms. The lowest BCUT2D eigenvalue weighted by atomic mass is 9.92. The molecule has 2 N–H and O–H groups in total. The predicted octanol–water partition coefficient (Wildman–Crippen LogP) is 4.23. The Balaban J connectivity index is 1.64. The molecule has 4 heterocycles. The summed E-state index contributed by atoms with van der Waals surface area (Å²) in [7, 11) is 0. The molecule has 0 fully saturated rings. The molecule has 0 atom stereocenters. The predicted molar refractivity (Wildman–Crippen MR) is 131 cm³/mol. The van der Waals surface area contributed by atoms with Gasteiger partial charge in [-0.15, -0.1) is 0 Å². The first-order chi connectivity index (χ1) is 17.0. The summed E-state index contributed by atoms with van der Waals surface area (Å²) in [4.78, 5) is 26.3. The van der Waals surface area contributed by atoms with Gasteiger partial charge in [-0.25, -0.2) is 19.3 Å². The Kier molecular flexibility index (Phi) is 5.82. The molecule has 0 spiro atoms. The smallest absolute Gasteiger partial charge is 0.324 e. The van der Waals surface area contributed by atoms with Crippen LogP contribution in [0.5, 0.6) is 0 Å². The Bertz CT molecular complexity index is 1500. The van der Waals surface area contributed by atoms with Crippen LogP contribution in [0.1, 0.15) is 37.6 Å². The summed E-state index contributed by atoms with van der Waals surface area (Å²) in [6.07, 6.45) is -2.48. The van der Waals surface area contributed by atoms with Gasteiger partial charge in [0.15, 0.2) is 11.5 Å². The summed E-state index contributed by atoms with van der Waals surface area (Å²) in [5, 5.41) is 6.43. The first-order valence-corrected chi connectivity index (χ1v) is 11.6. The number of aromatic nitrogens is 5. The summed E-state index contributed by atoms with van der Waals surface area (Å²) in [6, 6.07) is 11.0. The van der Waals surface area contributed by atoms with E-state index in [1.165, 1.54) is 17.3 Å². The number of hydrogen-bond donors (Lipinski definition) is 2. The Morgan fingerprint density at radius 2 is 1.89 bits per heavy atom. The first-order valence-electron chi connectivity index (χ1n) is 11.6. The third kappa shape index (κ3) is 4.70. The zero-order chi connectivity index (χ0) is 25.7. The number of benzene rings is 1. The number of anilines is 2. The van der Waals surface area contributed by atoms with Gasteiger partial charge in [0.25, 0.3) is 5.56 Å². The fourth-order valence-corrected chi connectivity index (χ4v) is 4.28. The Morgan fingerprint density at radius 3 is 2.64 bits per heavy atom. The molecule has 0 unspecified atom stereocenters. The maximum absolute atomic E-state index is 13.5. The molecule has 0 radical (unpaired) electrons. The molecule has 5 rings (SSSR count). The highest BCUT2D eigenvalue weighted by Crippen LogP contribution is 2.26. The van der Waals surface area contributed by atoms with Crippen molar-refractivity contribution in [3.8, 4) is 5.82 Å². The monoisotopic (exact) mass is 497 g/mol. The molecular weight excluding hydrogens is 471 g/mol. The minimum atomic E-state index is -4.62. The van der Waals surface area contributed by atoms with Crippen LogP contribution in [0.4, 0.5) is 24.8 Å². The summed E-state index contributed by atoms with van der Waals surface area (Å²) < 4.78 is 42.2. The van der Waals surface area contributed by atoms with Crippen LogP contribution in [0.15, 0.2) is 47.4 Å². The lowest BCUT2D eigenvalue weighted by molar-refractivity contribution is -0.144. The molecule has 4 aromatic rings. The van der Waals surface area contributed by atoms with Crippen molar-refractivity contribution in [1.82, 2.24) is 29.6 Å². The minimum Gasteiger partial charge on any atom is -0.324 e. The van der Waals surface area contributed by atoms with Crippen molar-refractivity contribution in [2.75, 3.05) is 11.9 Å². The lowest BCUT2D eigenvalue weighted by Gasteiger charge is -2.20. The molecule has 1 aliphatic heterocycles. The maximum Gasteiger partial charge on any atom is 0.408 e. The third-order valence-corrected chi connectivity index (χ3v) is 6.07. The fraction of sp³-hybridized carbons (Fsp3) is 0.360. The number of nitrogens with one attached hydrogen (secondary N) is 2. The van der Waals surface area contributed by atoms with E-state index in [0.29, 0.717) is 10.4 Å². The van der Waals surface area contributed by atoms with Crippen molar-refractivity contribution in [3.63, 3.8) is 0 Å². The van der Waals surface area contributed by atoms with Crippen LogP contribution in [0.3, 0.4) is 0 Å². The van der Waals surface area contributed by atoms with Crippen LogP contribution < -0.4 is 16.2 Å². The van der Waals surface area contributed by atoms with E-state index < -0.39 is 18.3 Å². The quantitative estimate of drug-likeness (QED) is 0.439. The topological polar surface area (TPSA) is 89.7 Å². The largest absolute Gasteiger partial charge is 0.408 e. The molecule has 0 saturated heterocycles. The molecule has 1 aromatic carbocycles. The van der Waals surface area contributed by atoms with Gasteiger partial charge >= 0.3 is 6.18 Å². The van der Waals surface area contributed by atoms with Gasteiger partial charge in [0.1, 0.15) is 11.9 Å². The van der Waals surface area contributed by atoms with Crippen molar-refractivity contribution in [2.45, 2.75) is 51.9 Å². The van der Waals surface area contributed by atoms with Crippen molar-refractivity contribution in [3.05, 3.63) is 69.8 Å². The van der Waals surface area contributed by atoms with E-state index >= 15 is 0 Å². The number of rotatable bonds is 4. The van der Waals surface area contributed by atoms with Crippen molar-refractivity contribution >= 4 is 22.7 Å². The van der Waals surface area contributed by atoms with Crippen molar-refractivity contribution < 1.29 is 13.2 Å². The van der Waals surface area contributed by atoms with E-state index in [1.807, 2.05) is 39.0 Å². The van der Waals surface area contributed by atoms with Crippen LogP contribution in [0, 0.1) is 0 Å². The van der Waals surface area contributed by atoms with Gasteiger partial charge < -0.3 is 10.6 Å². The van der Waals surface area contributed by atoms with Gasteiger partial charge in [-0.3, -0.25) is 4.79 Å². The van der Waals surface area contributed by atoms with Gasteiger partial charge in [-0.05, 0) is 48.4 Å². The second kappa shape index (κ2) is 8.74. The second-order valence-electron chi connectivity index (χ2n) is 9.89. The van der Waals surface area contributed by atoms with Crippen LogP contribution >= 0.6 is 0 Å². The molecule has 11 heteroatoms. The van der Waals surface area contributed by atoms with Gasteiger partial charge in [0, 0.05) is 29.5 Å². The minimum absolute atomic E-state index is 0.0238. The average molecular weight is 498 g/mol. The highest BCUT2D eigenvalue weighted by atomic mass is 19.4. The molecule has 0 aliphatic carbocycles. The molecule has 8 nitrogen and oxygen atoms in total. The zero-order valence-corrected chi connectivity index (χ0v) is 20.1. The van der Waals surface area contributed by atoms with Crippen LogP contribution in [0.2, 0.25) is 0 Å². The standard InChI is InChI=1S/C25H26F3N7O/c1-24(2,3)19-5-4-6-20(32-19)35-21-18(22(36)34(35)14-25(26,27)28)13-30-23(33-21)31-17-8-7-16-12-29-10-9-15(16)11-17/h4-8,11,13,29H,9-10,12,14H2,1-3H3,(H,30,31,33). The van der Waals surface area contributed by atoms with E-state index in [-0.39, 0.29) is 28.2 Å². The number of halogens is 3. The summed E-state index contributed by atoms with van der Waals surface area (Å²) >= 11 is 0. The molecule has 3 aromatic heterocycles. The number of pyridine rings is 1. The van der Waals surface area contributed by atoms with Crippen LogP contribution in [0.25, 0.3) is 16.9 Å². The van der Waals surface area contributed by atoms with Gasteiger partial charge in [-0.2, -0.15) is 18.2 Å². The van der Waals surface area contributed by atoms with E-state index in [9.17, 15) is 18.0 Å². The van der Waals surface area contributed by atoms with Gasteiger partial charge in [0.2, 0.25) is 5.95 Å². The van der Waals surface area contributed by atoms with Crippen molar-refractivity contribution in [1.29, 1.82) is 0 Å². The summed E-state index contributed by atoms with van der Waals surface area (Å²) in [5.74, 6) is 0.339. The SMILES string of the molecule is CC(C)(C)c1cccc(-n2c3nc(Nc4ccc5c(c4)CCNC5)ncc3c(=O)n2CC(F)(F)F)n1. The lowest BCUT2D eigenvalue weighted by Crippen LogP contribution is -2.30. The Morgan fingerprint density at radius 1 is 1.08 bits per heavy atom. The second-order valence-corrected chi connectivity index (χ2v) is 9.89. The van der Waals surface area contributed by atoms with E-state index in [2.05, 4.69) is 25.6 Å². The van der Waals surface area contributed by atoms with Gasteiger partial charge in [-0.1, -0.05) is 32.9 Å².